The largest absolute Gasteiger partial charge is 0.354 e. The molecule has 1 aliphatic heterocycles. The number of hydrogen-bond donors (Lipinski definition) is 2. The molecule has 7 nitrogen and oxygen atoms in total. The standard InChI is InChI=1S/C23H24ClF2N3O4S/c24-17-5-9-19(10-6-17)34(32,33)29(20-13-23(25,26)11-12-27-22(20)31)14-15-1-3-16(4-2-15)21(30)28-18-7-8-18/h1-6,9-10,18,20H,7-8,11-14H2,(H,27,31)(H,28,30). The number of rotatable bonds is 7. The third-order valence-electron chi connectivity index (χ3n) is 5.82. The Morgan fingerprint density at radius 3 is 2.38 bits per heavy atom. The van der Waals surface area contributed by atoms with Crippen molar-refractivity contribution in [2.24, 2.45) is 0 Å². The number of amides is 2. The molecule has 1 unspecified atom stereocenters. The number of benzene rings is 2. The van der Waals surface area contributed by atoms with Crippen molar-refractivity contribution in [3.8, 4) is 0 Å². The Morgan fingerprint density at radius 1 is 1.12 bits per heavy atom. The Morgan fingerprint density at radius 2 is 1.76 bits per heavy atom. The van der Waals surface area contributed by atoms with E-state index >= 15 is 0 Å². The zero-order valence-electron chi connectivity index (χ0n) is 18.1. The van der Waals surface area contributed by atoms with Crippen molar-refractivity contribution in [1.29, 1.82) is 0 Å². The molecule has 1 aliphatic carbocycles. The summed E-state index contributed by atoms with van der Waals surface area (Å²) in [6.45, 7) is -0.578. The van der Waals surface area contributed by atoms with Crippen molar-refractivity contribution >= 4 is 33.4 Å². The lowest BCUT2D eigenvalue weighted by Gasteiger charge is -2.30. The van der Waals surface area contributed by atoms with Gasteiger partial charge in [-0.15, -0.1) is 0 Å². The highest BCUT2D eigenvalue weighted by Crippen LogP contribution is 2.32. The molecule has 2 aromatic rings. The Bertz CT molecular complexity index is 1170. The number of nitrogens with one attached hydrogen (secondary N) is 2. The maximum absolute atomic E-state index is 14.4. The van der Waals surface area contributed by atoms with Crippen LogP contribution in [0.3, 0.4) is 0 Å². The van der Waals surface area contributed by atoms with Gasteiger partial charge in [0.15, 0.2) is 0 Å². The Balaban J connectivity index is 1.66. The summed E-state index contributed by atoms with van der Waals surface area (Å²) >= 11 is 5.87. The van der Waals surface area contributed by atoms with E-state index in [9.17, 15) is 26.8 Å². The summed E-state index contributed by atoms with van der Waals surface area (Å²) in [7, 11) is -4.35. The van der Waals surface area contributed by atoms with Crippen molar-refractivity contribution in [2.75, 3.05) is 6.54 Å². The van der Waals surface area contributed by atoms with Gasteiger partial charge in [0.25, 0.3) is 11.8 Å². The first-order chi connectivity index (χ1) is 16.0. The van der Waals surface area contributed by atoms with Crippen molar-refractivity contribution in [1.82, 2.24) is 14.9 Å². The second-order valence-electron chi connectivity index (χ2n) is 8.57. The summed E-state index contributed by atoms with van der Waals surface area (Å²) in [5.74, 6) is -4.24. The zero-order valence-corrected chi connectivity index (χ0v) is 19.7. The molecule has 1 saturated heterocycles. The average Bonchev–Trinajstić information content (AvgIpc) is 3.61. The molecule has 182 valence electrons. The van der Waals surface area contributed by atoms with E-state index in [2.05, 4.69) is 10.6 Å². The van der Waals surface area contributed by atoms with Gasteiger partial charge in [-0.2, -0.15) is 4.31 Å². The smallest absolute Gasteiger partial charge is 0.251 e. The molecule has 0 spiro atoms. The molecular formula is C23H24ClF2N3O4S. The molecule has 0 aromatic heterocycles. The average molecular weight is 512 g/mol. The van der Waals surface area contributed by atoms with E-state index in [4.69, 9.17) is 11.6 Å². The van der Waals surface area contributed by atoms with Crippen molar-refractivity contribution in [2.45, 2.75) is 55.1 Å². The van der Waals surface area contributed by atoms with Crippen LogP contribution in [0, 0.1) is 0 Å². The fourth-order valence-corrected chi connectivity index (χ4v) is 5.44. The first kappa shape index (κ1) is 24.6. The second-order valence-corrected chi connectivity index (χ2v) is 10.9. The van der Waals surface area contributed by atoms with Crippen LogP contribution < -0.4 is 10.6 Å². The third-order valence-corrected chi connectivity index (χ3v) is 7.94. The molecule has 2 N–H and O–H groups in total. The fourth-order valence-electron chi connectivity index (χ4n) is 3.74. The monoisotopic (exact) mass is 511 g/mol. The Hall–Kier alpha value is -2.56. The van der Waals surface area contributed by atoms with E-state index in [1.165, 1.54) is 24.3 Å². The molecule has 2 aromatic carbocycles. The summed E-state index contributed by atoms with van der Waals surface area (Å²) in [5, 5.41) is 5.57. The van der Waals surface area contributed by atoms with E-state index in [-0.39, 0.29) is 29.9 Å². The van der Waals surface area contributed by atoms with Gasteiger partial charge in [-0.05, 0) is 54.8 Å². The van der Waals surface area contributed by atoms with Crippen molar-refractivity contribution in [3.63, 3.8) is 0 Å². The highest BCUT2D eigenvalue weighted by molar-refractivity contribution is 7.89. The van der Waals surface area contributed by atoms with Gasteiger partial charge in [-0.1, -0.05) is 23.7 Å². The lowest BCUT2D eigenvalue weighted by Crippen LogP contribution is -2.49. The molecule has 2 fully saturated rings. The van der Waals surface area contributed by atoms with Crippen LogP contribution in [0.25, 0.3) is 0 Å². The number of hydrogen-bond acceptors (Lipinski definition) is 4. The molecule has 1 heterocycles. The molecule has 11 heteroatoms. The van der Waals surface area contributed by atoms with Crippen LogP contribution in [0.5, 0.6) is 0 Å². The van der Waals surface area contributed by atoms with Gasteiger partial charge in [0, 0.05) is 42.6 Å². The molecule has 1 saturated carbocycles. The van der Waals surface area contributed by atoms with Gasteiger partial charge in [-0.3, -0.25) is 9.59 Å². The minimum absolute atomic E-state index is 0.169. The lowest BCUT2D eigenvalue weighted by atomic mass is 10.1. The van der Waals surface area contributed by atoms with Gasteiger partial charge in [0.1, 0.15) is 6.04 Å². The van der Waals surface area contributed by atoms with Gasteiger partial charge in [0.05, 0.1) is 4.90 Å². The molecule has 2 aliphatic rings. The van der Waals surface area contributed by atoms with Crippen LogP contribution in [-0.2, 0) is 21.4 Å². The third kappa shape index (κ3) is 5.73. The first-order valence-corrected chi connectivity index (χ1v) is 12.7. The van der Waals surface area contributed by atoms with Crippen LogP contribution >= 0.6 is 11.6 Å². The minimum Gasteiger partial charge on any atom is -0.354 e. The van der Waals surface area contributed by atoms with E-state index in [0.717, 1.165) is 17.1 Å². The quantitative estimate of drug-likeness (QED) is 0.596. The molecule has 0 bridgehead atoms. The zero-order chi connectivity index (χ0) is 24.5. The SMILES string of the molecule is O=C(NC1CC1)c1ccc(CN(C2CC(F)(F)CCNC2=O)S(=O)(=O)c2ccc(Cl)cc2)cc1. The molecule has 0 radical (unpaired) electrons. The number of carbonyl (C=O) groups is 2. The predicted molar refractivity (Wildman–Crippen MR) is 122 cm³/mol. The molecular weight excluding hydrogens is 488 g/mol. The maximum atomic E-state index is 14.4. The fraction of sp³-hybridized carbons (Fsp3) is 0.391. The molecule has 1 atom stereocenters. The number of nitrogens with zero attached hydrogens (tertiary/aromatic N) is 1. The molecule has 4 rings (SSSR count). The van der Waals surface area contributed by atoms with Crippen LogP contribution in [0.4, 0.5) is 8.78 Å². The summed E-state index contributed by atoms with van der Waals surface area (Å²) < 4.78 is 56.6. The van der Waals surface area contributed by atoms with Crippen molar-refractivity contribution < 1.29 is 26.8 Å². The van der Waals surface area contributed by atoms with Crippen molar-refractivity contribution in [3.05, 3.63) is 64.7 Å². The highest BCUT2D eigenvalue weighted by atomic mass is 35.5. The Kier molecular flexibility index (Phi) is 6.93. The normalized spacial score (nSPS) is 20.5. The van der Waals surface area contributed by atoms with Gasteiger partial charge < -0.3 is 10.6 Å². The molecule has 2 amide bonds. The number of alkyl halides is 2. The van der Waals surface area contributed by atoms with Gasteiger partial charge in [0.2, 0.25) is 15.9 Å². The second kappa shape index (κ2) is 9.59. The van der Waals surface area contributed by atoms with Crippen LogP contribution in [-0.4, -0.2) is 49.1 Å². The van der Waals surface area contributed by atoms with Gasteiger partial charge in [-0.25, -0.2) is 17.2 Å². The minimum atomic E-state index is -4.35. The van der Waals surface area contributed by atoms with Gasteiger partial charge >= 0.3 is 0 Å². The summed E-state index contributed by atoms with van der Waals surface area (Å²) in [4.78, 5) is 24.8. The maximum Gasteiger partial charge on any atom is 0.251 e. The summed E-state index contributed by atoms with van der Waals surface area (Å²) in [5.41, 5.74) is 0.849. The predicted octanol–water partition coefficient (Wildman–Crippen LogP) is 3.34. The van der Waals surface area contributed by atoms with Crippen LogP contribution in [0.1, 0.15) is 41.6 Å². The summed E-state index contributed by atoms with van der Waals surface area (Å²) in [6, 6.07) is 10.1. The highest BCUT2D eigenvalue weighted by Gasteiger charge is 2.45. The van der Waals surface area contributed by atoms with Crippen LogP contribution in [0.15, 0.2) is 53.4 Å². The number of carbonyl (C=O) groups excluding carboxylic acids is 2. The van der Waals surface area contributed by atoms with E-state index < -0.39 is 40.7 Å². The lowest BCUT2D eigenvalue weighted by molar-refractivity contribution is -0.126. The van der Waals surface area contributed by atoms with Crippen LogP contribution in [0.2, 0.25) is 5.02 Å². The van der Waals surface area contributed by atoms with E-state index in [1.54, 1.807) is 24.3 Å². The Labute approximate surface area is 201 Å². The van der Waals surface area contributed by atoms with E-state index in [1.807, 2.05) is 0 Å². The molecule has 34 heavy (non-hydrogen) atoms. The number of halogens is 3. The topological polar surface area (TPSA) is 95.6 Å². The summed E-state index contributed by atoms with van der Waals surface area (Å²) in [6.07, 6.45) is 0.368. The van der Waals surface area contributed by atoms with E-state index in [0.29, 0.717) is 16.1 Å². The first-order valence-electron chi connectivity index (χ1n) is 10.9. The number of sulfonamides is 1.